The Kier molecular flexibility index (Phi) is 12.9. The van der Waals surface area contributed by atoms with Gasteiger partial charge in [-0.15, -0.1) is 0 Å². The quantitative estimate of drug-likeness (QED) is 0.0729. The van der Waals surface area contributed by atoms with Gasteiger partial charge < -0.3 is 40.6 Å². The second-order valence-electron chi connectivity index (χ2n) is 13.3. The summed E-state index contributed by atoms with van der Waals surface area (Å²) in [5.74, 6) is -0.753. The van der Waals surface area contributed by atoms with Gasteiger partial charge in [0.15, 0.2) is 0 Å². The molecule has 4 aromatic rings. The lowest BCUT2D eigenvalue weighted by atomic mass is 9.98. The molecule has 14 nitrogen and oxygen atoms in total. The molecule has 53 heavy (non-hydrogen) atoms. The third kappa shape index (κ3) is 9.07. The van der Waals surface area contributed by atoms with Crippen molar-refractivity contribution in [1.82, 2.24) is 20.2 Å². The number of benzene rings is 2. The van der Waals surface area contributed by atoms with Gasteiger partial charge in [-0.2, -0.15) is 0 Å². The molecule has 0 aliphatic carbocycles. The molecule has 1 aliphatic rings. The van der Waals surface area contributed by atoms with E-state index in [-0.39, 0.29) is 36.4 Å². The molecule has 5 rings (SSSR count). The zero-order valence-corrected chi connectivity index (χ0v) is 30.6. The highest BCUT2D eigenvalue weighted by atomic mass is 16.5. The van der Waals surface area contributed by atoms with E-state index in [2.05, 4.69) is 33.8 Å². The molecule has 280 valence electrons. The van der Waals surface area contributed by atoms with Crippen molar-refractivity contribution in [2.45, 2.75) is 59.9 Å². The molecule has 0 bridgehead atoms. The molecule has 1 unspecified atom stereocenters. The van der Waals surface area contributed by atoms with Crippen LogP contribution in [0.2, 0.25) is 0 Å². The van der Waals surface area contributed by atoms with Crippen LogP contribution < -0.4 is 32.1 Å². The first kappa shape index (κ1) is 38.6. The van der Waals surface area contributed by atoms with Crippen molar-refractivity contribution >= 4 is 47.0 Å². The Hall–Kier alpha value is -5.60. The highest BCUT2D eigenvalue weighted by molar-refractivity contribution is 5.95. The molecule has 3 amide bonds. The molecule has 0 saturated heterocycles. The average molecular weight is 726 g/mol. The standard InChI is InChI=1S/C39H47N7O7/c1-5-29-30-17-28(10-11-33(30)44-37-31(29)19-46-34(37)16-25(4)32(39(46)51)21-53-23-48)45(13-12-41-22-47)14-15-52-20-26-6-8-27(9-7-26)43-35(49)18-42-38(50)36(40)24(2)3/h6-11,16-17,22-24,36H,5,12-15,18-21,40H2,1-4H3,(H,41,47)(H,42,50)(H,43,49). The second-order valence-corrected chi connectivity index (χ2v) is 13.3. The minimum atomic E-state index is -0.674. The number of hydrogen-bond acceptors (Lipinski definition) is 10. The van der Waals surface area contributed by atoms with Crippen LogP contribution in [0.5, 0.6) is 0 Å². The Balaban J connectivity index is 1.24. The molecule has 0 radical (unpaired) electrons. The molecule has 2 aromatic carbocycles. The molecule has 1 aliphatic heterocycles. The van der Waals surface area contributed by atoms with Gasteiger partial charge in [0.05, 0.1) is 54.8 Å². The minimum absolute atomic E-state index is 0.0331. The third-order valence-electron chi connectivity index (χ3n) is 9.45. The van der Waals surface area contributed by atoms with Gasteiger partial charge in [0.2, 0.25) is 18.2 Å². The first-order chi connectivity index (χ1) is 25.6. The number of fused-ring (bicyclic) bond motifs is 4. The lowest BCUT2D eigenvalue weighted by Gasteiger charge is -2.25. The SMILES string of the molecule is CCc1c2c(nc3ccc(N(CCNC=O)CCOCc4ccc(NC(=O)CNC(=O)C(N)C(C)C)cc4)cc13)-c1cc(C)c(COC=O)c(=O)n1C2. The Bertz CT molecular complexity index is 2030. The van der Waals surface area contributed by atoms with E-state index in [9.17, 15) is 24.0 Å². The van der Waals surface area contributed by atoms with Crippen LogP contribution in [0.3, 0.4) is 0 Å². The number of pyridine rings is 2. The van der Waals surface area contributed by atoms with Gasteiger partial charge in [-0.05, 0) is 72.4 Å². The molecule has 0 spiro atoms. The van der Waals surface area contributed by atoms with Gasteiger partial charge in [-0.3, -0.25) is 24.0 Å². The maximum atomic E-state index is 13.4. The zero-order chi connectivity index (χ0) is 38.1. The summed E-state index contributed by atoms with van der Waals surface area (Å²) in [5, 5.41) is 9.06. The molecule has 5 N–H and O–H groups in total. The summed E-state index contributed by atoms with van der Waals surface area (Å²) in [7, 11) is 0. The Labute approximate surface area is 308 Å². The van der Waals surface area contributed by atoms with Crippen molar-refractivity contribution in [3.63, 3.8) is 0 Å². The molecule has 0 saturated carbocycles. The smallest absolute Gasteiger partial charge is 0.293 e. The van der Waals surface area contributed by atoms with E-state index >= 15 is 0 Å². The fourth-order valence-corrected chi connectivity index (χ4v) is 6.43. The van der Waals surface area contributed by atoms with E-state index in [1.165, 1.54) is 0 Å². The van der Waals surface area contributed by atoms with Gasteiger partial charge in [-0.25, -0.2) is 4.98 Å². The Morgan fingerprint density at radius 2 is 1.83 bits per heavy atom. The van der Waals surface area contributed by atoms with E-state index in [4.69, 9.17) is 20.2 Å². The molecule has 1 atom stereocenters. The minimum Gasteiger partial charge on any atom is -0.463 e. The molecule has 3 heterocycles. The fraction of sp³-hybridized carbons (Fsp3) is 0.385. The summed E-state index contributed by atoms with van der Waals surface area (Å²) < 4.78 is 12.7. The van der Waals surface area contributed by atoms with Crippen molar-refractivity contribution in [2.24, 2.45) is 11.7 Å². The van der Waals surface area contributed by atoms with E-state index in [1.807, 2.05) is 51.1 Å². The summed E-state index contributed by atoms with van der Waals surface area (Å²) in [4.78, 5) is 66.8. The van der Waals surface area contributed by atoms with Crippen molar-refractivity contribution in [3.05, 3.63) is 86.7 Å². The number of nitrogens with zero attached hydrogens (tertiary/aromatic N) is 3. The second kappa shape index (κ2) is 17.8. The van der Waals surface area contributed by atoms with E-state index in [0.29, 0.717) is 63.5 Å². The van der Waals surface area contributed by atoms with Crippen LogP contribution in [0.1, 0.15) is 48.6 Å². The van der Waals surface area contributed by atoms with Gasteiger partial charge in [-0.1, -0.05) is 32.9 Å². The summed E-state index contributed by atoms with van der Waals surface area (Å²) >= 11 is 0. The highest BCUT2D eigenvalue weighted by Crippen LogP contribution is 2.37. The van der Waals surface area contributed by atoms with Crippen LogP contribution in [0.15, 0.2) is 53.3 Å². The normalized spacial score (nSPS) is 12.2. The summed E-state index contributed by atoms with van der Waals surface area (Å²) in [6.07, 6.45) is 1.41. The van der Waals surface area contributed by atoms with Crippen LogP contribution in [0.4, 0.5) is 11.4 Å². The third-order valence-corrected chi connectivity index (χ3v) is 9.45. The zero-order valence-electron chi connectivity index (χ0n) is 30.6. The number of aryl methyl sites for hydroxylation is 2. The van der Waals surface area contributed by atoms with E-state index in [1.54, 1.807) is 16.7 Å². The number of hydrogen-bond donors (Lipinski definition) is 4. The maximum Gasteiger partial charge on any atom is 0.293 e. The summed E-state index contributed by atoms with van der Waals surface area (Å²) in [5.41, 5.74) is 13.8. The van der Waals surface area contributed by atoms with Crippen LogP contribution in [-0.2, 0) is 54.8 Å². The fourth-order valence-electron chi connectivity index (χ4n) is 6.43. The Morgan fingerprint density at radius 1 is 1.06 bits per heavy atom. The predicted octanol–water partition coefficient (Wildman–Crippen LogP) is 2.78. The Morgan fingerprint density at radius 3 is 2.53 bits per heavy atom. The number of amides is 3. The molecule has 0 fully saturated rings. The lowest BCUT2D eigenvalue weighted by Crippen LogP contribution is -2.46. The van der Waals surface area contributed by atoms with Crippen LogP contribution in [0, 0.1) is 12.8 Å². The molecule has 2 aromatic heterocycles. The van der Waals surface area contributed by atoms with Crippen molar-refractivity contribution in [3.8, 4) is 11.4 Å². The summed E-state index contributed by atoms with van der Waals surface area (Å²) in [6, 6.07) is 14.6. The molecular weight excluding hydrogens is 678 g/mol. The van der Waals surface area contributed by atoms with Gasteiger partial charge in [0.25, 0.3) is 12.0 Å². The monoisotopic (exact) mass is 725 g/mol. The van der Waals surface area contributed by atoms with Gasteiger partial charge in [0.1, 0.15) is 6.61 Å². The van der Waals surface area contributed by atoms with Crippen molar-refractivity contribution in [1.29, 1.82) is 0 Å². The average Bonchev–Trinajstić information content (AvgIpc) is 3.51. The number of carbonyl (C=O) groups is 4. The highest BCUT2D eigenvalue weighted by Gasteiger charge is 2.27. The largest absolute Gasteiger partial charge is 0.463 e. The van der Waals surface area contributed by atoms with Crippen molar-refractivity contribution < 1.29 is 28.7 Å². The lowest BCUT2D eigenvalue weighted by molar-refractivity contribution is -0.130. The first-order valence-electron chi connectivity index (χ1n) is 17.7. The van der Waals surface area contributed by atoms with Gasteiger partial charge in [0, 0.05) is 42.0 Å². The first-order valence-corrected chi connectivity index (χ1v) is 17.7. The number of nitrogens with two attached hydrogens (primary N) is 1. The topological polar surface area (TPSA) is 187 Å². The number of carbonyl (C=O) groups excluding carboxylic acids is 4. The van der Waals surface area contributed by atoms with Gasteiger partial charge >= 0.3 is 0 Å². The molecule has 14 heteroatoms. The summed E-state index contributed by atoms with van der Waals surface area (Å²) in [6.45, 7) is 10.4. The number of anilines is 2. The molecular formula is C39H47N7O7. The maximum absolute atomic E-state index is 13.4. The number of nitrogens with one attached hydrogen (secondary N) is 3. The number of ether oxygens (including phenoxy) is 2. The number of rotatable bonds is 19. The number of aromatic nitrogens is 2. The predicted molar refractivity (Wildman–Crippen MR) is 202 cm³/mol. The van der Waals surface area contributed by atoms with Crippen LogP contribution in [0.25, 0.3) is 22.3 Å². The van der Waals surface area contributed by atoms with E-state index in [0.717, 1.165) is 56.7 Å². The van der Waals surface area contributed by atoms with Crippen LogP contribution >= 0.6 is 0 Å². The van der Waals surface area contributed by atoms with Crippen molar-refractivity contribution in [2.75, 3.05) is 43.0 Å². The van der Waals surface area contributed by atoms with Crippen LogP contribution in [-0.4, -0.2) is 73.1 Å². The van der Waals surface area contributed by atoms with E-state index < -0.39 is 6.04 Å².